The molecule has 0 saturated heterocycles. The highest BCUT2D eigenvalue weighted by molar-refractivity contribution is 5.78. The van der Waals surface area contributed by atoms with Crippen molar-refractivity contribution in [3.8, 4) is 5.75 Å². The number of fused-ring (bicyclic) bond motifs is 1. The molecule has 0 unspecified atom stereocenters. The lowest BCUT2D eigenvalue weighted by Crippen LogP contribution is -2.39. The van der Waals surface area contributed by atoms with Crippen LogP contribution in [0, 0.1) is 5.82 Å². The van der Waals surface area contributed by atoms with Crippen molar-refractivity contribution in [3.05, 3.63) is 77.4 Å². The van der Waals surface area contributed by atoms with Crippen LogP contribution < -0.4 is 10.1 Å². The van der Waals surface area contributed by atoms with E-state index < -0.39 is 0 Å². The maximum absolute atomic E-state index is 12.9. The van der Waals surface area contributed by atoms with Crippen LogP contribution in [0.25, 0.3) is 0 Å². The van der Waals surface area contributed by atoms with Crippen molar-refractivity contribution in [2.24, 2.45) is 0 Å². The summed E-state index contributed by atoms with van der Waals surface area (Å²) in [6, 6.07) is 15.2. The van der Waals surface area contributed by atoms with Crippen LogP contribution in [-0.2, 0) is 35.8 Å². The summed E-state index contributed by atoms with van der Waals surface area (Å²) in [5, 5.41) is 10.9. The van der Waals surface area contributed by atoms with E-state index in [2.05, 4.69) is 15.6 Å². The van der Waals surface area contributed by atoms with Crippen molar-refractivity contribution in [1.29, 1.82) is 0 Å². The number of halogens is 1. The van der Waals surface area contributed by atoms with E-state index in [1.807, 2.05) is 30.3 Å². The molecule has 30 heavy (non-hydrogen) atoms. The fraction of sp³-hybridized carbons (Fsp3) is 0.238. The summed E-state index contributed by atoms with van der Waals surface area (Å²) in [6.07, 6.45) is 0. The molecule has 0 bridgehead atoms. The number of hydrogen-bond donors (Lipinski definition) is 1. The van der Waals surface area contributed by atoms with Gasteiger partial charge in [-0.1, -0.05) is 35.5 Å². The molecule has 0 radical (unpaired) electrons. The van der Waals surface area contributed by atoms with E-state index >= 15 is 0 Å². The molecule has 1 aliphatic heterocycles. The Labute approximate surface area is 172 Å². The molecule has 0 saturated carbocycles. The summed E-state index contributed by atoms with van der Waals surface area (Å²) in [4.78, 5) is 26.2. The molecule has 4 rings (SSSR count). The number of carbonyl (C=O) groups is 2. The van der Waals surface area contributed by atoms with E-state index in [4.69, 9.17) is 4.74 Å². The van der Waals surface area contributed by atoms with Crippen molar-refractivity contribution < 1.29 is 18.7 Å². The van der Waals surface area contributed by atoms with Crippen LogP contribution >= 0.6 is 0 Å². The average molecular weight is 409 g/mol. The molecule has 0 atom stereocenters. The number of rotatable bonds is 7. The average Bonchev–Trinajstić information content (AvgIpc) is 3.14. The van der Waals surface area contributed by atoms with Crippen LogP contribution in [0.5, 0.6) is 5.75 Å². The molecular formula is C21H20FN5O3. The van der Waals surface area contributed by atoms with Crippen molar-refractivity contribution >= 4 is 11.8 Å². The lowest BCUT2D eigenvalue weighted by atomic mass is 10.1. The molecule has 8 nitrogen and oxygen atoms in total. The van der Waals surface area contributed by atoms with Gasteiger partial charge in [-0.2, -0.15) is 0 Å². The van der Waals surface area contributed by atoms with Gasteiger partial charge in [0.15, 0.2) is 6.61 Å². The SMILES string of the molecule is O=C(COc1ccc(F)cc1)NCc1nnn2c1CN(Cc1ccccc1)C(=O)C2. The Bertz CT molecular complexity index is 1040. The molecule has 2 amide bonds. The summed E-state index contributed by atoms with van der Waals surface area (Å²) < 4.78 is 19.8. The van der Waals surface area contributed by atoms with Gasteiger partial charge in [-0.15, -0.1) is 5.10 Å². The van der Waals surface area contributed by atoms with Crippen molar-refractivity contribution in [2.75, 3.05) is 6.61 Å². The monoisotopic (exact) mass is 409 g/mol. The van der Waals surface area contributed by atoms with Gasteiger partial charge < -0.3 is 15.0 Å². The van der Waals surface area contributed by atoms with Crippen LogP contribution in [0.3, 0.4) is 0 Å². The Morgan fingerprint density at radius 3 is 2.63 bits per heavy atom. The molecule has 154 valence electrons. The lowest BCUT2D eigenvalue weighted by molar-refractivity contribution is -0.135. The van der Waals surface area contributed by atoms with E-state index in [1.54, 1.807) is 9.58 Å². The Morgan fingerprint density at radius 1 is 1.10 bits per heavy atom. The van der Waals surface area contributed by atoms with Crippen LogP contribution in [0.15, 0.2) is 54.6 Å². The Kier molecular flexibility index (Phi) is 5.69. The highest BCUT2D eigenvalue weighted by Crippen LogP contribution is 2.18. The number of amides is 2. The van der Waals surface area contributed by atoms with Crippen LogP contribution in [0.2, 0.25) is 0 Å². The maximum atomic E-state index is 12.9. The van der Waals surface area contributed by atoms with Crippen molar-refractivity contribution in [3.63, 3.8) is 0 Å². The second kappa shape index (κ2) is 8.73. The Morgan fingerprint density at radius 2 is 1.87 bits per heavy atom. The largest absolute Gasteiger partial charge is 0.484 e. The number of ether oxygens (including phenoxy) is 1. The first kappa shape index (κ1) is 19.6. The minimum absolute atomic E-state index is 0.0282. The molecule has 1 N–H and O–H groups in total. The zero-order valence-electron chi connectivity index (χ0n) is 16.1. The number of hydrogen-bond acceptors (Lipinski definition) is 5. The first-order valence-corrected chi connectivity index (χ1v) is 9.46. The smallest absolute Gasteiger partial charge is 0.258 e. The summed E-state index contributed by atoms with van der Waals surface area (Å²) in [7, 11) is 0. The summed E-state index contributed by atoms with van der Waals surface area (Å²) in [6.45, 7) is 0.971. The summed E-state index contributed by atoms with van der Waals surface area (Å²) in [5.41, 5.74) is 2.44. The number of nitrogens with one attached hydrogen (secondary N) is 1. The van der Waals surface area contributed by atoms with Gasteiger partial charge >= 0.3 is 0 Å². The minimum Gasteiger partial charge on any atom is -0.484 e. The molecule has 0 fully saturated rings. The van der Waals surface area contributed by atoms with E-state index in [0.29, 0.717) is 24.5 Å². The topological polar surface area (TPSA) is 89.3 Å². The number of aromatic nitrogens is 3. The van der Waals surface area contributed by atoms with Gasteiger partial charge in [-0.3, -0.25) is 9.59 Å². The molecule has 3 aromatic rings. The first-order chi connectivity index (χ1) is 14.6. The third-order valence-corrected chi connectivity index (χ3v) is 4.75. The zero-order chi connectivity index (χ0) is 20.9. The zero-order valence-corrected chi connectivity index (χ0v) is 16.1. The summed E-state index contributed by atoms with van der Waals surface area (Å²) in [5.74, 6) is -0.333. The lowest BCUT2D eigenvalue weighted by Gasteiger charge is -2.27. The van der Waals surface area contributed by atoms with Crippen molar-refractivity contribution in [2.45, 2.75) is 26.2 Å². The van der Waals surface area contributed by atoms with E-state index in [1.165, 1.54) is 24.3 Å². The third kappa shape index (κ3) is 4.62. The first-order valence-electron chi connectivity index (χ1n) is 9.46. The molecule has 1 aromatic heterocycles. The predicted molar refractivity (Wildman–Crippen MR) is 104 cm³/mol. The van der Waals surface area contributed by atoms with Crippen molar-refractivity contribution in [1.82, 2.24) is 25.2 Å². The van der Waals surface area contributed by atoms with Gasteiger partial charge in [0.2, 0.25) is 5.91 Å². The standard InChI is InChI=1S/C21H20FN5O3/c22-16-6-8-17(9-7-16)30-14-20(28)23-10-18-19-12-26(11-15-4-2-1-3-5-15)21(29)13-27(19)25-24-18/h1-9H,10-14H2,(H,23,28). The normalized spacial score (nSPS) is 13.1. The van der Waals surface area contributed by atoms with E-state index in [0.717, 1.165) is 11.3 Å². The summed E-state index contributed by atoms with van der Waals surface area (Å²) >= 11 is 0. The number of nitrogens with zero attached hydrogens (tertiary/aromatic N) is 4. The van der Waals surface area contributed by atoms with E-state index in [9.17, 15) is 14.0 Å². The van der Waals surface area contributed by atoms with Gasteiger partial charge in [0.1, 0.15) is 23.8 Å². The Balaban J connectivity index is 1.33. The van der Waals surface area contributed by atoms with Gasteiger partial charge in [0, 0.05) is 6.54 Å². The Hall–Kier alpha value is -3.75. The molecule has 0 spiro atoms. The molecular weight excluding hydrogens is 389 g/mol. The molecule has 0 aliphatic carbocycles. The fourth-order valence-corrected chi connectivity index (χ4v) is 3.16. The third-order valence-electron chi connectivity index (χ3n) is 4.75. The predicted octanol–water partition coefficient (Wildman–Crippen LogP) is 1.65. The highest BCUT2D eigenvalue weighted by atomic mass is 19.1. The van der Waals surface area contributed by atoms with Crippen LogP contribution in [0.4, 0.5) is 4.39 Å². The maximum Gasteiger partial charge on any atom is 0.258 e. The molecule has 1 aliphatic rings. The van der Waals surface area contributed by atoms with Gasteiger partial charge in [0.25, 0.3) is 5.91 Å². The molecule has 2 heterocycles. The van der Waals surface area contributed by atoms with Gasteiger partial charge in [0.05, 0.1) is 18.8 Å². The minimum atomic E-state index is -0.372. The second-order valence-electron chi connectivity index (χ2n) is 6.90. The van der Waals surface area contributed by atoms with Crippen LogP contribution in [0.1, 0.15) is 17.0 Å². The molecule has 2 aromatic carbocycles. The molecule has 9 heteroatoms. The van der Waals surface area contributed by atoms with Gasteiger partial charge in [-0.05, 0) is 29.8 Å². The second-order valence-corrected chi connectivity index (χ2v) is 6.90. The van der Waals surface area contributed by atoms with Gasteiger partial charge in [-0.25, -0.2) is 9.07 Å². The highest BCUT2D eigenvalue weighted by Gasteiger charge is 2.27. The van der Waals surface area contributed by atoms with E-state index in [-0.39, 0.29) is 37.3 Å². The fourth-order valence-electron chi connectivity index (χ4n) is 3.16. The van der Waals surface area contributed by atoms with Crippen LogP contribution in [-0.4, -0.2) is 38.3 Å². The quantitative estimate of drug-likeness (QED) is 0.641. The number of carbonyl (C=O) groups excluding carboxylic acids is 2. The number of benzene rings is 2.